The van der Waals surface area contributed by atoms with E-state index in [1.165, 1.54) is 30.2 Å². The highest BCUT2D eigenvalue weighted by molar-refractivity contribution is 8.03. The maximum Gasteiger partial charge on any atom is 0.233 e. The maximum absolute atomic E-state index is 12.3. The first-order valence-corrected chi connectivity index (χ1v) is 11.4. The fraction of sp³-hybridized carbons (Fsp3) is 0.500. The van der Waals surface area contributed by atoms with Crippen LogP contribution in [0.2, 0.25) is 0 Å². The molecule has 0 spiro atoms. The number of amides is 1. The Morgan fingerprint density at radius 1 is 1.27 bits per heavy atom. The first-order valence-electron chi connectivity index (χ1n) is 8.70. The van der Waals surface area contributed by atoms with Crippen molar-refractivity contribution in [3.05, 3.63) is 29.8 Å². The number of benzene rings is 1. The van der Waals surface area contributed by atoms with E-state index in [0.29, 0.717) is 6.04 Å². The largest absolute Gasteiger partial charge is 0.497 e. The predicted octanol–water partition coefficient (Wildman–Crippen LogP) is 4.38. The number of ether oxygens (including phenoxy) is 1. The molecule has 1 amide bonds. The van der Waals surface area contributed by atoms with Gasteiger partial charge in [-0.25, -0.2) is 0 Å². The molecule has 0 radical (unpaired) electrons. The van der Waals surface area contributed by atoms with Crippen LogP contribution in [0.3, 0.4) is 0 Å². The number of hydrogen-bond donors (Lipinski definition) is 1. The van der Waals surface area contributed by atoms with Crippen molar-refractivity contribution in [2.75, 3.05) is 7.11 Å². The third-order valence-electron chi connectivity index (χ3n) is 4.26. The average Bonchev–Trinajstić information content (AvgIpc) is 3.32. The topological polar surface area (TPSA) is 64.1 Å². The summed E-state index contributed by atoms with van der Waals surface area (Å²) >= 11 is 4.69. The molecule has 0 unspecified atom stereocenters. The predicted molar refractivity (Wildman–Crippen MR) is 108 cm³/mol. The van der Waals surface area contributed by atoms with Gasteiger partial charge in [0.25, 0.3) is 0 Å². The van der Waals surface area contributed by atoms with Gasteiger partial charge in [0.05, 0.1) is 12.4 Å². The molecule has 26 heavy (non-hydrogen) atoms. The van der Waals surface area contributed by atoms with Gasteiger partial charge in [-0.3, -0.25) is 4.79 Å². The molecule has 1 saturated carbocycles. The van der Waals surface area contributed by atoms with E-state index in [1.807, 2.05) is 19.1 Å². The van der Waals surface area contributed by atoms with E-state index in [-0.39, 0.29) is 11.2 Å². The molecule has 0 bridgehead atoms. The summed E-state index contributed by atoms with van der Waals surface area (Å²) in [5, 5.41) is 11.4. The van der Waals surface area contributed by atoms with Crippen molar-refractivity contribution in [2.45, 2.75) is 58.3 Å². The van der Waals surface area contributed by atoms with Crippen molar-refractivity contribution in [3.8, 4) is 5.75 Å². The first kappa shape index (κ1) is 19.5. The second-order valence-corrected chi connectivity index (χ2v) is 10.0. The zero-order valence-corrected chi connectivity index (χ0v) is 17.4. The zero-order chi connectivity index (χ0) is 18.4. The average molecular weight is 410 g/mol. The molecule has 1 aliphatic rings. The van der Waals surface area contributed by atoms with E-state index >= 15 is 0 Å². The van der Waals surface area contributed by atoms with Crippen molar-refractivity contribution in [1.82, 2.24) is 15.5 Å². The zero-order valence-electron chi connectivity index (χ0n) is 14.9. The highest BCUT2D eigenvalue weighted by Crippen LogP contribution is 2.33. The summed E-state index contributed by atoms with van der Waals surface area (Å²) < 4.78 is 6.94. The number of aromatic nitrogens is 2. The molecule has 1 aromatic heterocycles. The minimum absolute atomic E-state index is 0.101. The second kappa shape index (κ2) is 9.62. The number of hydrogen-bond acceptors (Lipinski definition) is 7. The number of rotatable bonds is 8. The minimum Gasteiger partial charge on any atom is -0.497 e. The summed E-state index contributed by atoms with van der Waals surface area (Å²) in [6.45, 7) is 1.93. The van der Waals surface area contributed by atoms with Crippen molar-refractivity contribution < 1.29 is 9.53 Å². The minimum atomic E-state index is -0.150. The molecule has 1 heterocycles. The van der Waals surface area contributed by atoms with Crippen LogP contribution in [0.1, 0.15) is 38.2 Å². The van der Waals surface area contributed by atoms with Crippen LogP contribution in [0.15, 0.2) is 32.9 Å². The number of nitrogens with zero attached hydrogens (tertiary/aromatic N) is 2. The molecular formula is C18H23N3O2S3. The molecule has 2 aromatic rings. The lowest BCUT2D eigenvalue weighted by molar-refractivity contribution is -0.120. The van der Waals surface area contributed by atoms with Gasteiger partial charge in [-0.05, 0) is 37.5 Å². The fourth-order valence-corrected chi connectivity index (χ4v) is 5.89. The van der Waals surface area contributed by atoms with E-state index in [4.69, 9.17) is 4.74 Å². The van der Waals surface area contributed by atoms with Gasteiger partial charge in [-0.1, -0.05) is 59.8 Å². The van der Waals surface area contributed by atoms with Crippen LogP contribution in [-0.2, 0) is 10.5 Å². The lowest BCUT2D eigenvalue weighted by atomic mass is 10.2. The van der Waals surface area contributed by atoms with Crippen molar-refractivity contribution in [2.24, 2.45) is 0 Å². The number of carbonyl (C=O) groups is 1. The van der Waals surface area contributed by atoms with Gasteiger partial charge in [-0.15, -0.1) is 10.2 Å². The molecule has 0 aliphatic heterocycles. The Kier molecular flexibility index (Phi) is 7.22. The summed E-state index contributed by atoms with van der Waals surface area (Å²) in [5.74, 6) is 1.80. The van der Waals surface area contributed by atoms with Crippen molar-refractivity contribution >= 4 is 40.8 Å². The van der Waals surface area contributed by atoms with Gasteiger partial charge >= 0.3 is 0 Å². The molecule has 1 aliphatic carbocycles. The Bertz CT molecular complexity index is 715. The Labute approximate surface area is 166 Å². The SMILES string of the molecule is COc1ccc(CSc2nnc(S[C@@H](C)C(=O)NC3CCCC3)s2)cc1. The van der Waals surface area contributed by atoms with Crippen LogP contribution in [-0.4, -0.2) is 34.5 Å². The number of thioether (sulfide) groups is 2. The number of methoxy groups -OCH3 is 1. The molecule has 1 fully saturated rings. The first-order chi connectivity index (χ1) is 12.6. The molecule has 1 atom stereocenters. The van der Waals surface area contributed by atoms with Crippen LogP contribution in [0.25, 0.3) is 0 Å². The van der Waals surface area contributed by atoms with E-state index < -0.39 is 0 Å². The Balaban J connectivity index is 1.46. The summed E-state index contributed by atoms with van der Waals surface area (Å²) in [6, 6.07) is 8.38. The van der Waals surface area contributed by atoms with Gasteiger partial charge < -0.3 is 10.1 Å². The Hall–Kier alpha value is -1.25. The van der Waals surface area contributed by atoms with Gasteiger partial charge in [0.2, 0.25) is 5.91 Å². The van der Waals surface area contributed by atoms with E-state index in [1.54, 1.807) is 30.2 Å². The lowest BCUT2D eigenvalue weighted by Gasteiger charge is -2.15. The molecule has 8 heteroatoms. The van der Waals surface area contributed by atoms with E-state index in [9.17, 15) is 4.79 Å². The van der Waals surface area contributed by atoms with Crippen LogP contribution in [0.4, 0.5) is 0 Å². The van der Waals surface area contributed by atoms with Gasteiger partial charge in [0.1, 0.15) is 5.75 Å². The summed E-state index contributed by atoms with van der Waals surface area (Å²) in [5.41, 5.74) is 1.21. The molecule has 1 N–H and O–H groups in total. The second-order valence-electron chi connectivity index (χ2n) is 6.22. The summed E-state index contributed by atoms with van der Waals surface area (Å²) in [6.07, 6.45) is 4.65. The molecule has 3 rings (SSSR count). The van der Waals surface area contributed by atoms with E-state index in [0.717, 1.165) is 33.0 Å². The van der Waals surface area contributed by atoms with Crippen LogP contribution in [0, 0.1) is 0 Å². The molecule has 0 saturated heterocycles. The third-order valence-corrected chi connectivity index (χ3v) is 7.57. The normalized spacial score (nSPS) is 15.8. The van der Waals surface area contributed by atoms with Gasteiger partial charge in [0.15, 0.2) is 8.68 Å². The standard InChI is InChI=1S/C18H23N3O2S3/c1-12(16(22)19-14-5-3-4-6-14)25-18-21-20-17(26-18)24-11-13-7-9-15(23-2)10-8-13/h7-10,12,14H,3-6,11H2,1-2H3,(H,19,22)/t12-/m0/s1. The summed E-state index contributed by atoms with van der Waals surface area (Å²) in [7, 11) is 1.67. The van der Waals surface area contributed by atoms with E-state index in [2.05, 4.69) is 27.6 Å². The molecule has 140 valence electrons. The summed E-state index contributed by atoms with van der Waals surface area (Å²) in [4.78, 5) is 12.3. The van der Waals surface area contributed by atoms with Crippen LogP contribution in [0.5, 0.6) is 5.75 Å². The quantitative estimate of drug-likeness (QED) is 0.653. The molecular weight excluding hydrogens is 386 g/mol. The highest BCUT2D eigenvalue weighted by Gasteiger charge is 2.22. The third kappa shape index (κ3) is 5.62. The van der Waals surface area contributed by atoms with Crippen LogP contribution < -0.4 is 10.1 Å². The monoisotopic (exact) mass is 409 g/mol. The van der Waals surface area contributed by atoms with Crippen molar-refractivity contribution in [1.29, 1.82) is 0 Å². The Morgan fingerprint density at radius 3 is 2.65 bits per heavy atom. The smallest absolute Gasteiger partial charge is 0.233 e. The van der Waals surface area contributed by atoms with Crippen LogP contribution >= 0.6 is 34.9 Å². The van der Waals surface area contributed by atoms with Crippen molar-refractivity contribution in [3.63, 3.8) is 0 Å². The number of carbonyl (C=O) groups excluding carboxylic acids is 1. The van der Waals surface area contributed by atoms with Gasteiger partial charge in [-0.2, -0.15) is 0 Å². The highest BCUT2D eigenvalue weighted by atomic mass is 32.2. The van der Waals surface area contributed by atoms with Gasteiger partial charge in [0, 0.05) is 11.8 Å². The number of nitrogens with one attached hydrogen (secondary N) is 1. The molecule has 5 nitrogen and oxygen atoms in total. The molecule has 1 aromatic carbocycles. The lowest BCUT2D eigenvalue weighted by Crippen LogP contribution is -2.37. The fourth-order valence-electron chi connectivity index (χ4n) is 2.76. The Morgan fingerprint density at radius 2 is 1.96 bits per heavy atom. The maximum atomic E-state index is 12.3.